The average molecular weight is 625 g/mol. The van der Waals surface area contributed by atoms with Gasteiger partial charge in [-0.25, -0.2) is 0 Å². The van der Waals surface area contributed by atoms with Crippen molar-refractivity contribution < 1.29 is 74.1 Å². The Hall–Kier alpha value is -3.55. The summed E-state index contributed by atoms with van der Waals surface area (Å²) in [7, 11) is 1.34. The molecule has 2 fully saturated rings. The molecular weight excluding hydrogens is 592 g/mol. The number of hydrogen-bond acceptors (Lipinski definition) is 16. The van der Waals surface area contributed by atoms with E-state index in [4.69, 9.17) is 28.1 Å². The number of phenols is 2. The molecule has 0 aliphatic carbocycles. The average Bonchev–Trinajstić information content (AvgIpc) is 3.00. The molecule has 240 valence electrons. The molecule has 9 N–H and O–H groups in total. The molecule has 3 aromatic rings. The second-order valence-electron chi connectivity index (χ2n) is 10.3. The van der Waals surface area contributed by atoms with Crippen LogP contribution in [0.3, 0.4) is 0 Å². The van der Waals surface area contributed by atoms with Crippen molar-refractivity contribution in [2.45, 2.75) is 61.4 Å². The minimum atomic E-state index is -1.87. The predicted molar refractivity (Wildman–Crippen MR) is 145 cm³/mol. The van der Waals surface area contributed by atoms with Crippen LogP contribution in [0.25, 0.3) is 22.3 Å². The molecule has 2 aliphatic rings. The number of hydrogen-bond donors (Lipinski definition) is 9. The van der Waals surface area contributed by atoms with Crippen molar-refractivity contribution in [2.24, 2.45) is 0 Å². The summed E-state index contributed by atoms with van der Waals surface area (Å²) in [5.74, 6) is -0.721. The van der Waals surface area contributed by atoms with E-state index >= 15 is 0 Å². The molecule has 0 amide bonds. The zero-order chi connectivity index (χ0) is 31.9. The second-order valence-corrected chi connectivity index (χ2v) is 10.3. The predicted octanol–water partition coefficient (Wildman–Crippen LogP) is -2.12. The molecule has 0 saturated carbocycles. The molecule has 0 spiro atoms. The van der Waals surface area contributed by atoms with Crippen molar-refractivity contribution in [3.05, 3.63) is 46.6 Å². The summed E-state index contributed by atoms with van der Waals surface area (Å²) < 4.78 is 33.4. The van der Waals surface area contributed by atoms with Gasteiger partial charge in [0.15, 0.2) is 29.3 Å². The summed E-state index contributed by atoms with van der Waals surface area (Å²) in [6.07, 6.45) is -16.8. The molecule has 2 aliphatic heterocycles. The molecule has 16 heteroatoms. The molecular formula is C28H32O16. The second kappa shape index (κ2) is 12.8. The molecule has 2 saturated heterocycles. The maximum Gasteiger partial charge on any atom is 0.229 e. The molecule has 44 heavy (non-hydrogen) atoms. The van der Waals surface area contributed by atoms with Crippen LogP contribution in [0.5, 0.6) is 23.0 Å². The van der Waals surface area contributed by atoms with Crippen LogP contribution < -0.4 is 14.9 Å². The smallest absolute Gasteiger partial charge is 0.229 e. The van der Waals surface area contributed by atoms with Crippen LogP contribution >= 0.6 is 0 Å². The lowest BCUT2D eigenvalue weighted by Crippen LogP contribution is -2.65. The van der Waals surface area contributed by atoms with Crippen molar-refractivity contribution in [3.8, 4) is 34.3 Å². The van der Waals surface area contributed by atoms with Gasteiger partial charge in [-0.1, -0.05) is 0 Å². The third kappa shape index (κ3) is 5.92. The zero-order valence-corrected chi connectivity index (χ0v) is 23.0. The van der Waals surface area contributed by atoms with E-state index in [1.54, 1.807) is 0 Å². The highest BCUT2D eigenvalue weighted by molar-refractivity contribution is 5.86. The lowest BCUT2D eigenvalue weighted by molar-refractivity contribution is -0.357. The Kier molecular flexibility index (Phi) is 9.28. The summed E-state index contributed by atoms with van der Waals surface area (Å²) in [4.78, 5) is 12.9. The van der Waals surface area contributed by atoms with Gasteiger partial charge < -0.3 is 74.1 Å². The van der Waals surface area contributed by atoms with Crippen molar-refractivity contribution >= 4 is 11.0 Å². The van der Waals surface area contributed by atoms with Gasteiger partial charge in [0.25, 0.3) is 0 Å². The number of fused-ring (bicyclic) bond motifs is 1. The molecule has 0 unspecified atom stereocenters. The van der Waals surface area contributed by atoms with Crippen molar-refractivity contribution in [1.82, 2.24) is 0 Å². The van der Waals surface area contributed by atoms with E-state index in [0.717, 1.165) is 12.1 Å². The Morgan fingerprint density at radius 3 is 2.09 bits per heavy atom. The summed E-state index contributed by atoms with van der Waals surface area (Å²) >= 11 is 0. The quantitative estimate of drug-likeness (QED) is 0.130. The SMILES string of the molecule is COc1cc(-c2cc(=O)c3c(O)cc(O[C@@H]4O[C@H](CO)[C@@H](O)[C@H](O)[C@H]4O[C@@H]4O[C@H](CO)[C@@H](O)[C@H](O)[C@H]4O)cc3o2)ccc1O. The fraction of sp³-hybridized carbons (Fsp3) is 0.464. The molecule has 5 rings (SSSR count). The van der Waals surface area contributed by atoms with Crippen molar-refractivity contribution in [3.63, 3.8) is 0 Å². The molecule has 0 radical (unpaired) electrons. The van der Waals surface area contributed by atoms with Crippen LogP contribution in [-0.2, 0) is 14.2 Å². The standard InChI is InChI=1S/C28H32O16/c1-39-16-4-10(2-3-12(16)31)15-7-14(33)20-13(32)5-11(6-17(20)41-15)40-28-26(24(37)22(35)19(9-30)43-28)44-27-25(38)23(36)21(34)18(8-29)42-27/h2-7,18-19,21-32,34-38H,8-9H2,1H3/t18-,19-,21-,22-,23+,24+,25-,26-,27+,28-/m1/s1. The number of methoxy groups -OCH3 is 1. The lowest BCUT2D eigenvalue weighted by Gasteiger charge is -2.45. The van der Waals surface area contributed by atoms with Crippen LogP contribution in [0, 0.1) is 0 Å². The first kappa shape index (κ1) is 31.9. The Morgan fingerprint density at radius 1 is 0.773 bits per heavy atom. The van der Waals surface area contributed by atoms with Gasteiger partial charge in [0.05, 0.1) is 20.3 Å². The topological polar surface area (TPSA) is 258 Å². The Balaban J connectivity index is 1.48. The van der Waals surface area contributed by atoms with E-state index in [-0.39, 0.29) is 34.0 Å². The zero-order valence-electron chi connectivity index (χ0n) is 23.0. The van der Waals surface area contributed by atoms with Gasteiger partial charge in [-0.3, -0.25) is 4.79 Å². The molecule has 2 aromatic carbocycles. The van der Waals surface area contributed by atoms with Gasteiger partial charge in [-0.2, -0.15) is 0 Å². The van der Waals surface area contributed by atoms with Crippen molar-refractivity contribution in [2.75, 3.05) is 20.3 Å². The maximum absolute atomic E-state index is 12.9. The molecule has 1 aromatic heterocycles. The van der Waals surface area contributed by atoms with Gasteiger partial charge in [-0.05, 0) is 18.2 Å². The highest BCUT2D eigenvalue weighted by atomic mass is 16.8. The number of rotatable bonds is 8. The highest BCUT2D eigenvalue weighted by Gasteiger charge is 2.51. The normalized spacial score (nSPS) is 32.5. The van der Waals surface area contributed by atoms with Gasteiger partial charge >= 0.3 is 0 Å². The maximum atomic E-state index is 12.9. The van der Waals surface area contributed by atoms with E-state index in [1.165, 1.54) is 31.4 Å². The molecule has 3 heterocycles. The fourth-order valence-electron chi connectivity index (χ4n) is 5.05. The molecule has 10 atom stereocenters. The number of phenolic OH excluding ortho intramolecular Hbond substituents is 2. The van der Waals surface area contributed by atoms with E-state index in [0.29, 0.717) is 5.56 Å². The van der Waals surface area contributed by atoms with Crippen molar-refractivity contribution in [1.29, 1.82) is 0 Å². The largest absolute Gasteiger partial charge is 0.507 e. The minimum absolute atomic E-state index is 0.0500. The number of benzene rings is 2. The number of aliphatic hydroxyl groups is 7. The monoisotopic (exact) mass is 624 g/mol. The summed E-state index contributed by atoms with van der Waals surface area (Å²) in [5.41, 5.74) is -0.402. The van der Waals surface area contributed by atoms with Gasteiger partial charge in [0.2, 0.25) is 6.29 Å². The number of aliphatic hydroxyl groups excluding tert-OH is 7. The first-order valence-electron chi connectivity index (χ1n) is 13.4. The fourth-order valence-corrected chi connectivity index (χ4v) is 5.05. The molecule has 16 nitrogen and oxygen atoms in total. The summed E-state index contributed by atoms with van der Waals surface area (Å²) in [5, 5.41) is 91.5. The van der Waals surface area contributed by atoms with Crippen LogP contribution in [0.4, 0.5) is 0 Å². The van der Waals surface area contributed by atoms with E-state index in [9.17, 15) is 50.8 Å². The van der Waals surface area contributed by atoms with Crippen LogP contribution in [0.1, 0.15) is 0 Å². The first-order chi connectivity index (χ1) is 21.0. The van der Waals surface area contributed by atoms with Gasteiger partial charge in [-0.15, -0.1) is 0 Å². The molecule has 0 bridgehead atoms. The Labute approximate surface area is 248 Å². The minimum Gasteiger partial charge on any atom is -0.507 e. The summed E-state index contributed by atoms with van der Waals surface area (Å²) in [6, 6.07) is 7.63. The van der Waals surface area contributed by atoms with E-state index in [1.807, 2.05) is 0 Å². The first-order valence-corrected chi connectivity index (χ1v) is 13.4. The summed E-state index contributed by atoms with van der Waals surface area (Å²) in [6.45, 7) is -1.52. The number of aromatic hydroxyl groups is 2. The Bertz CT molecular complexity index is 1520. The van der Waals surface area contributed by atoms with Crippen LogP contribution in [-0.4, -0.2) is 128 Å². The van der Waals surface area contributed by atoms with E-state index in [2.05, 4.69) is 0 Å². The third-order valence-electron chi connectivity index (χ3n) is 7.46. The third-order valence-corrected chi connectivity index (χ3v) is 7.46. The lowest BCUT2D eigenvalue weighted by atomic mass is 9.97. The van der Waals surface area contributed by atoms with Gasteiger partial charge in [0, 0.05) is 23.8 Å². The van der Waals surface area contributed by atoms with Crippen LogP contribution in [0.15, 0.2) is 45.6 Å². The highest BCUT2D eigenvalue weighted by Crippen LogP contribution is 2.36. The van der Waals surface area contributed by atoms with Gasteiger partial charge in [0.1, 0.15) is 71.0 Å². The van der Waals surface area contributed by atoms with Crippen LogP contribution in [0.2, 0.25) is 0 Å². The number of ether oxygens (including phenoxy) is 5. The Morgan fingerprint density at radius 2 is 1.43 bits per heavy atom. The van der Waals surface area contributed by atoms with E-state index < -0.39 is 85.8 Å².